The molecule has 1 unspecified atom stereocenters. The lowest BCUT2D eigenvalue weighted by Gasteiger charge is -2.40. The van der Waals surface area contributed by atoms with Gasteiger partial charge in [0.05, 0.1) is 6.54 Å². The summed E-state index contributed by atoms with van der Waals surface area (Å²) in [6.07, 6.45) is 8.52. The van der Waals surface area contributed by atoms with Crippen LogP contribution in [0.2, 0.25) is 0 Å². The molecule has 0 aromatic heterocycles. The molecule has 0 spiro atoms. The van der Waals surface area contributed by atoms with Crippen LogP contribution in [0.1, 0.15) is 87.6 Å². The second-order valence-electron chi connectivity index (χ2n) is 11.6. The van der Waals surface area contributed by atoms with Crippen LogP contribution in [0.15, 0.2) is 18.2 Å². The van der Waals surface area contributed by atoms with Gasteiger partial charge in [-0.05, 0) is 70.4 Å². The van der Waals surface area contributed by atoms with Crippen molar-refractivity contribution in [1.29, 1.82) is 0 Å². The molecule has 39 heavy (non-hydrogen) atoms. The van der Waals surface area contributed by atoms with Crippen molar-refractivity contribution < 1.29 is 19.2 Å². The average Bonchev–Trinajstić information content (AvgIpc) is 3.71. The summed E-state index contributed by atoms with van der Waals surface area (Å²) < 4.78 is 0. The van der Waals surface area contributed by atoms with Gasteiger partial charge < -0.3 is 20.0 Å². The van der Waals surface area contributed by atoms with Crippen molar-refractivity contribution in [2.24, 2.45) is 5.92 Å². The standard InChI is InChI=1S/C30H43N5O4/c1-3-33(4-2)28(37)18-31-21-10-12-22(13-11-21)34(17-16-20-8-9-20)25-7-5-6-23-24(25)19-35(30(23)39)26-14-15-27(36)32-29(26)38/h5-7,20-22,26,31H,3-4,8-19H2,1-2H3,(H,32,36,38). The van der Waals surface area contributed by atoms with Gasteiger partial charge in [0.2, 0.25) is 17.7 Å². The maximum absolute atomic E-state index is 13.4. The number of likely N-dealkylation sites (N-methyl/N-ethyl adjacent to an activating group) is 1. The van der Waals surface area contributed by atoms with E-state index in [0.29, 0.717) is 37.2 Å². The topological polar surface area (TPSA) is 102 Å². The first-order chi connectivity index (χ1) is 18.9. The molecule has 212 valence electrons. The minimum atomic E-state index is -0.601. The molecule has 0 radical (unpaired) electrons. The highest BCUT2D eigenvalue weighted by Gasteiger charge is 2.41. The van der Waals surface area contributed by atoms with Gasteiger partial charge >= 0.3 is 0 Å². The molecule has 2 saturated carbocycles. The van der Waals surface area contributed by atoms with E-state index in [1.807, 2.05) is 30.9 Å². The molecule has 2 N–H and O–H groups in total. The van der Waals surface area contributed by atoms with E-state index in [1.165, 1.54) is 12.8 Å². The molecule has 1 aromatic rings. The third kappa shape index (κ3) is 6.13. The Morgan fingerprint density at radius 1 is 1.03 bits per heavy atom. The monoisotopic (exact) mass is 537 g/mol. The third-order valence-corrected chi connectivity index (χ3v) is 9.14. The molecule has 1 aromatic carbocycles. The summed E-state index contributed by atoms with van der Waals surface area (Å²) in [6.45, 7) is 7.28. The Morgan fingerprint density at radius 3 is 2.44 bits per heavy atom. The number of nitrogens with one attached hydrogen (secondary N) is 2. The van der Waals surface area contributed by atoms with Crippen molar-refractivity contribution in [3.05, 3.63) is 29.3 Å². The molecule has 0 bridgehead atoms. The van der Waals surface area contributed by atoms with Crippen LogP contribution in [0, 0.1) is 5.92 Å². The molecule has 9 nitrogen and oxygen atoms in total. The minimum Gasteiger partial charge on any atom is -0.368 e. The lowest BCUT2D eigenvalue weighted by Crippen LogP contribution is -2.52. The third-order valence-electron chi connectivity index (χ3n) is 9.14. The Hall–Kier alpha value is -2.94. The molecule has 1 atom stereocenters. The van der Waals surface area contributed by atoms with Gasteiger partial charge in [0, 0.05) is 61.5 Å². The Labute approximate surface area is 231 Å². The van der Waals surface area contributed by atoms with E-state index in [9.17, 15) is 19.2 Å². The molecule has 3 fully saturated rings. The van der Waals surface area contributed by atoms with Gasteiger partial charge in [0.15, 0.2) is 0 Å². The van der Waals surface area contributed by atoms with Crippen LogP contribution in [0.5, 0.6) is 0 Å². The Balaban J connectivity index is 1.28. The predicted octanol–water partition coefficient (Wildman–Crippen LogP) is 2.82. The fourth-order valence-electron chi connectivity index (χ4n) is 6.58. The van der Waals surface area contributed by atoms with Crippen LogP contribution in [0.4, 0.5) is 5.69 Å². The van der Waals surface area contributed by atoms with Crippen LogP contribution in [0.25, 0.3) is 0 Å². The second kappa shape index (κ2) is 12.1. The molecule has 9 heteroatoms. The van der Waals surface area contributed by atoms with Gasteiger partial charge in [-0.3, -0.25) is 24.5 Å². The number of benzene rings is 1. The number of piperidine rings is 1. The number of rotatable bonds is 11. The number of carbonyl (C=O) groups excluding carboxylic acids is 4. The first-order valence-electron chi connectivity index (χ1n) is 14.9. The number of carbonyl (C=O) groups is 4. The van der Waals surface area contributed by atoms with Crippen LogP contribution < -0.4 is 15.5 Å². The molecule has 4 aliphatic rings. The average molecular weight is 538 g/mol. The lowest BCUT2D eigenvalue weighted by atomic mass is 9.89. The Bertz CT molecular complexity index is 1090. The zero-order valence-electron chi connectivity index (χ0n) is 23.4. The summed E-state index contributed by atoms with van der Waals surface area (Å²) in [5.74, 6) is 0.210. The summed E-state index contributed by atoms with van der Waals surface area (Å²) in [5, 5.41) is 5.91. The van der Waals surface area contributed by atoms with Gasteiger partial charge in [0.1, 0.15) is 6.04 Å². The lowest BCUT2D eigenvalue weighted by molar-refractivity contribution is -0.137. The van der Waals surface area contributed by atoms with E-state index in [4.69, 9.17) is 0 Å². The van der Waals surface area contributed by atoms with E-state index in [0.717, 1.165) is 68.9 Å². The highest BCUT2D eigenvalue weighted by atomic mass is 16.2. The number of nitrogens with zero attached hydrogens (tertiary/aromatic N) is 3. The first-order valence-corrected chi connectivity index (χ1v) is 14.9. The highest BCUT2D eigenvalue weighted by Crippen LogP contribution is 2.39. The number of hydrogen-bond donors (Lipinski definition) is 2. The number of amides is 4. The van der Waals surface area contributed by atoms with Crippen molar-refractivity contribution in [1.82, 2.24) is 20.4 Å². The molecule has 2 heterocycles. The largest absolute Gasteiger partial charge is 0.368 e. The zero-order valence-corrected chi connectivity index (χ0v) is 23.4. The summed E-state index contributed by atoms with van der Waals surface area (Å²) in [7, 11) is 0. The zero-order chi connectivity index (χ0) is 27.5. The molecule has 2 aliphatic heterocycles. The number of hydrogen-bond acceptors (Lipinski definition) is 6. The fourth-order valence-corrected chi connectivity index (χ4v) is 6.58. The van der Waals surface area contributed by atoms with E-state index >= 15 is 0 Å². The molecule has 2 aliphatic carbocycles. The second-order valence-corrected chi connectivity index (χ2v) is 11.6. The summed E-state index contributed by atoms with van der Waals surface area (Å²) >= 11 is 0. The summed E-state index contributed by atoms with van der Waals surface area (Å²) in [6, 6.07) is 6.11. The number of imide groups is 1. The molecular weight excluding hydrogens is 494 g/mol. The van der Waals surface area contributed by atoms with Crippen molar-refractivity contribution in [3.63, 3.8) is 0 Å². The predicted molar refractivity (Wildman–Crippen MR) is 149 cm³/mol. The number of fused-ring (bicyclic) bond motifs is 1. The van der Waals surface area contributed by atoms with E-state index in [1.54, 1.807) is 4.90 Å². The van der Waals surface area contributed by atoms with Crippen LogP contribution >= 0.6 is 0 Å². The van der Waals surface area contributed by atoms with E-state index in [-0.39, 0.29) is 30.0 Å². The van der Waals surface area contributed by atoms with Crippen LogP contribution in [-0.2, 0) is 20.9 Å². The highest BCUT2D eigenvalue weighted by molar-refractivity contribution is 6.06. The van der Waals surface area contributed by atoms with Gasteiger partial charge in [-0.25, -0.2) is 0 Å². The molecular formula is C30H43N5O4. The van der Waals surface area contributed by atoms with E-state index in [2.05, 4.69) is 21.6 Å². The van der Waals surface area contributed by atoms with Crippen LogP contribution in [-0.4, -0.2) is 77.7 Å². The first kappa shape index (κ1) is 27.6. The van der Waals surface area contributed by atoms with Gasteiger partial charge in [-0.2, -0.15) is 0 Å². The fraction of sp³-hybridized carbons (Fsp3) is 0.667. The van der Waals surface area contributed by atoms with Crippen molar-refractivity contribution in [2.75, 3.05) is 31.1 Å². The van der Waals surface area contributed by atoms with Crippen molar-refractivity contribution in [3.8, 4) is 0 Å². The maximum atomic E-state index is 13.4. The van der Waals surface area contributed by atoms with Gasteiger partial charge in [-0.1, -0.05) is 18.9 Å². The molecule has 5 rings (SSSR count). The summed E-state index contributed by atoms with van der Waals surface area (Å²) in [4.78, 5) is 56.2. The van der Waals surface area contributed by atoms with Crippen molar-refractivity contribution in [2.45, 2.75) is 96.3 Å². The number of anilines is 1. The maximum Gasteiger partial charge on any atom is 0.255 e. The van der Waals surface area contributed by atoms with Gasteiger partial charge in [0.25, 0.3) is 5.91 Å². The SMILES string of the molecule is CCN(CC)C(=O)CNC1CCC(N(CCC2CC2)c2cccc3c2CN(C2CCC(=O)NC2=O)C3=O)CC1. The normalized spacial score (nSPS) is 24.9. The minimum absolute atomic E-state index is 0.116. The van der Waals surface area contributed by atoms with Crippen molar-refractivity contribution >= 4 is 29.3 Å². The quantitative estimate of drug-likeness (QED) is 0.421. The Kier molecular flexibility index (Phi) is 8.54. The smallest absolute Gasteiger partial charge is 0.255 e. The van der Waals surface area contributed by atoms with E-state index < -0.39 is 6.04 Å². The van der Waals surface area contributed by atoms with Gasteiger partial charge in [-0.15, -0.1) is 0 Å². The summed E-state index contributed by atoms with van der Waals surface area (Å²) in [5.41, 5.74) is 2.80. The Morgan fingerprint density at radius 2 is 1.77 bits per heavy atom. The van der Waals surface area contributed by atoms with Crippen LogP contribution in [0.3, 0.4) is 0 Å². The molecule has 4 amide bonds. The molecule has 1 saturated heterocycles.